The van der Waals surface area contributed by atoms with Gasteiger partial charge in [-0.25, -0.2) is 8.42 Å². The van der Waals surface area contributed by atoms with Crippen molar-refractivity contribution in [1.82, 2.24) is 5.32 Å². The third kappa shape index (κ3) is 3.83. The van der Waals surface area contributed by atoms with Crippen molar-refractivity contribution in [3.05, 3.63) is 98.7 Å². The molecule has 0 fully saturated rings. The number of benzene rings is 2. The number of thiophene rings is 1. The van der Waals surface area contributed by atoms with Gasteiger partial charge in [-0.05, 0) is 29.5 Å². The highest BCUT2D eigenvalue weighted by Crippen LogP contribution is 2.39. The Morgan fingerprint density at radius 1 is 1.00 bits per heavy atom. The molecule has 0 radical (unpaired) electrons. The van der Waals surface area contributed by atoms with Gasteiger partial charge in [-0.3, -0.25) is 9.10 Å². The number of carbonyl (C=O) groups is 1. The van der Waals surface area contributed by atoms with Crippen LogP contribution in [-0.2, 0) is 23.1 Å². The van der Waals surface area contributed by atoms with Gasteiger partial charge in [0.25, 0.3) is 10.0 Å². The maximum absolute atomic E-state index is 13.3. The van der Waals surface area contributed by atoms with Crippen molar-refractivity contribution < 1.29 is 13.2 Å². The molecule has 0 aliphatic carbocycles. The Morgan fingerprint density at radius 3 is 2.45 bits per heavy atom. The summed E-state index contributed by atoms with van der Waals surface area (Å²) < 4.78 is 27.9. The molecule has 2 aromatic carbocycles. The average molecular weight is 425 g/mol. The zero-order valence-electron chi connectivity index (χ0n) is 15.8. The van der Waals surface area contributed by atoms with Crippen LogP contribution in [0.2, 0.25) is 0 Å². The van der Waals surface area contributed by atoms with Gasteiger partial charge in [-0.15, -0.1) is 11.3 Å². The van der Waals surface area contributed by atoms with Crippen molar-refractivity contribution in [1.29, 1.82) is 0 Å². The maximum Gasteiger partial charge on any atom is 0.270 e. The van der Waals surface area contributed by atoms with E-state index in [1.807, 2.05) is 61.5 Å². The van der Waals surface area contributed by atoms with E-state index in [-0.39, 0.29) is 11.4 Å². The number of carbonyl (C=O) groups excluding carboxylic acids is 1. The number of hydrogen-bond donors (Lipinski definition) is 1. The number of ketones is 1. The van der Waals surface area contributed by atoms with E-state index in [1.54, 1.807) is 11.4 Å². The van der Waals surface area contributed by atoms with Crippen LogP contribution in [0, 0.1) is 6.92 Å². The number of nitrogens with zero attached hydrogens (tertiary/aromatic N) is 1. The topological polar surface area (TPSA) is 66.5 Å². The molecule has 3 aromatic rings. The molecule has 0 unspecified atom stereocenters. The zero-order chi connectivity index (χ0) is 20.4. The fraction of sp³-hybridized carbons (Fsp3) is 0.136. The van der Waals surface area contributed by atoms with Crippen molar-refractivity contribution in [3.63, 3.8) is 0 Å². The number of hydrogen-bond acceptors (Lipinski definition) is 5. The summed E-state index contributed by atoms with van der Waals surface area (Å²) in [4.78, 5) is 13.1. The Hall–Kier alpha value is -2.90. The van der Waals surface area contributed by atoms with Gasteiger partial charge in [0, 0.05) is 12.7 Å². The smallest absolute Gasteiger partial charge is 0.270 e. The van der Waals surface area contributed by atoms with Crippen molar-refractivity contribution in [2.75, 3.05) is 4.31 Å². The summed E-state index contributed by atoms with van der Waals surface area (Å²) in [7, 11) is -3.97. The van der Waals surface area contributed by atoms with Crippen LogP contribution in [0.4, 0.5) is 5.69 Å². The van der Waals surface area contributed by atoms with E-state index >= 15 is 0 Å². The van der Waals surface area contributed by atoms with E-state index in [4.69, 9.17) is 0 Å². The molecule has 1 N–H and O–H groups in total. The van der Waals surface area contributed by atoms with Crippen LogP contribution in [0.1, 0.15) is 26.4 Å². The van der Waals surface area contributed by atoms with Crippen molar-refractivity contribution in [2.45, 2.75) is 20.0 Å². The summed E-state index contributed by atoms with van der Waals surface area (Å²) in [6.45, 7) is 2.59. The van der Waals surface area contributed by atoms with Crippen LogP contribution in [0.5, 0.6) is 0 Å². The average Bonchev–Trinajstić information content (AvgIpc) is 3.20. The number of Topliss-reactive ketones (excluding diaryl/α,β-unsaturated/α-hetero) is 1. The summed E-state index contributed by atoms with van der Waals surface area (Å²) in [5.41, 5.74) is 3.41. The molecule has 1 aliphatic rings. The van der Waals surface area contributed by atoms with E-state index in [0.717, 1.165) is 16.7 Å². The molecule has 5 nitrogen and oxygen atoms in total. The molecule has 0 spiro atoms. The lowest BCUT2D eigenvalue weighted by atomic mass is 10.1. The van der Waals surface area contributed by atoms with Crippen LogP contribution in [0.3, 0.4) is 0 Å². The maximum atomic E-state index is 13.3. The van der Waals surface area contributed by atoms with E-state index < -0.39 is 15.8 Å². The Bertz CT molecular complexity index is 1160. The summed E-state index contributed by atoms with van der Waals surface area (Å²) in [6, 6.07) is 19.0. The van der Waals surface area contributed by atoms with E-state index in [0.29, 0.717) is 17.1 Å². The molecule has 0 bridgehead atoms. The predicted molar refractivity (Wildman–Crippen MR) is 116 cm³/mol. The van der Waals surface area contributed by atoms with Gasteiger partial charge in [0.05, 0.1) is 12.2 Å². The first kappa shape index (κ1) is 19.4. The molecule has 29 heavy (non-hydrogen) atoms. The summed E-state index contributed by atoms with van der Waals surface area (Å²) in [5.74, 6) is -0.462. The second kappa shape index (κ2) is 7.85. The lowest BCUT2D eigenvalue weighted by Gasteiger charge is -2.29. The highest BCUT2D eigenvalue weighted by Gasteiger charge is 2.41. The van der Waals surface area contributed by atoms with E-state index in [2.05, 4.69) is 5.32 Å². The van der Waals surface area contributed by atoms with Crippen LogP contribution in [-0.4, -0.2) is 14.2 Å². The number of anilines is 1. The number of nitrogens with one attached hydrogen (secondary N) is 1. The minimum atomic E-state index is -3.97. The standard InChI is InChI=1S/C22H20N2O3S2/c1-16-7-9-18(10-8-16)15-24-19-11-12-28-22(19)21(25)20(29(24,26)27)14-23-13-17-5-3-2-4-6-17/h2-12,14,23H,13,15H2,1H3/b20-14-. The van der Waals surface area contributed by atoms with Crippen molar-refractivity contribution in [2.24, 2.45) is 0 Å². The molecular formula is C22H20N2O3S2. The lowest BCUT2D eigenvalue weighted by molar-refractivity contribution is 0.104. The lowest BCUT2D eigenvalue weighted by Crippen LogP contribution is -2.38. The molecule has 0 atom stereocenters. The fourth-order valence-corrected chi connectivity index (χ4v) is 5.68. The molecule has 7 heteroatoms. The minimum absolute atomic E-state index is 0.176. The molecule has 4 rings (SSSR count). The van der Waals surface area contributed by atoms with Gasteiger partial charge < -0.3 is 5.32 Å². The number of rotatable bonds is 5. The number of aryl methyl sites for hydroxylation is 1. The molecule has 0 amide bonds. The Labute approximate surface area is 174 Å². The van der Waals surface area contributed by atoms with Crippen LogP contribution in [0.15, 0.2) is 77.1 Å². The van der Waals surface area contributed by atoms with E-state index in [9.17, 15) is 13.2 Å². The fourth-order valence-electron chi connectivity index (χ4n) is 3.17. The minimum Gasteiger partial charge on any atom is -0.386 e. The van der Waals surface area contributed by atoms with Gasteiger partial charge >= 0.3 is 0 Å². The molecular weight excluding hydrogens is 404 g/mol. The first-order valence-electron chi connectivity index (χ1n) is 9.15. The Morgan fingerprint density at radius 2 is 1.72 bits per heavy atom. The zero-order valence-corrected chi connectivity index (χ0v) is 17.5. The Kier molecular flexibility index (Phi) is 5.25. The number of allylic oxidation sites excluding steroid dienone is 1. The highest BCUT2D eigenvalue weighted by atomic mass is 32.2. The summed E-state index contributed by atoms with van der Waals surface area (Å²) >= 11 is 1.26. The third-order valence-electron chi connectivity index (χ3n) is 4.74. The van der Waals surface area contributed by atoms with Crippen molar-refractivity contribution >= 4 is 32.8 Å². The SMILES string of the molecule is Cc1ccc(CN2c3ccsc3C(=O)/C(=C/NCc3ccccc3)S2(=O)=O)cc1. The summed E-state index contributed by atoms with van der Waals surface area (Å²) in [5, 5.41) is 4.74. The molecule has 1 aromatic heterocycles. The van der Waals surface area contributed by atoms with Gasteiger partial charge in [0.2, 0.25) is 5.78 Å². The van der Waals surface area contributed by atoms with Crippen LogP contribution < -0.4 is 9.62 Å². The van der Waals surface area contributed by atoms with E-state index in [1.165, 1.54) is 21.8 Å². The highest BCUT2D eigenvalue weighted by molar-refractivity contribution is 7.97. The van der Waals surface area contributed by atoms with Gasteiger partial charge in [-0.1, -0.05) is 60.2 Å². The largest absolute Gasteiger partial charge is 0.386 e. The Balaban J connectivity index is 1.67. The number of sulfonamides is 1. The predicted octanol–water partition coefficient (Wildman–Crippen LogP) is 4.22. The molecule has 0 saturated carbocycles. The summed E-state index contributed by atoms with van der Waals surface area (Å²) in [6.07, 6.45) is 1.33. The van der Waals surface area contributed by atoms with Gasteiger partial charge in [0.15, 0.2) is 4.91 Å². The van der Waals surface area contributed by atoms with Crippen LogP contribution in [0.25, 0.3) is 0 Å². The van der Waals surface area contributed by atoms with Crippen molar-refractivity contribution in [3.8, 4) is 0 Å². The molecule has 1 aliphatic heterocycles. The normalized spacial score (nSPS) is 16.7. The third-order valence-corrected chi connectivity index (χ3v) is 7.41. The van der Waals surface area contributed by atoms with Gasteiger partial charge in [0.1, 0.15) is 4.88 Å². The molecule has 0 saturated heterocycles. The quantitative estimate of drug-likeness (QED) is 0.623. The number of fused-ring (bicyclic) bond motifs is 1. The second-order valence-electron chi connectivity index (χ2n) is 6.84. The molecule has 148 valence electrons. The van der Waals surface area contributed by atoms with Crippen LogP contribution >= 0.6 is 11.3 Å². The first-order chi connectivity index (χ1) is 14.0. The first-order valence-corrected chi connectivity index (χ1v) is 11.5. The van der Waals surface area contributed by atoms with Gasteiger partial charge in [-0.2, -0.15) is 0 Å². The monoisotopic (exact) mass is 424 g/mol. The second-order valence-corrected chi connectivity index (χ2v) is 9.58. The molecule has 2 heterocycles.